The number of nitrogens with one attached hydrogen (secondary N) is 1. The number of hydrogen-bond acceptors (Lipinski definition) is 2. The molecule has 0 amide bonds. The molecule has 1 unspecified atom stereocenters. The molecule has 0 saturated carbocycles. The molecule has 1 atom stereocenters. The summed E-state index contributed by atoms with van der Waals surface area (Å²) in [6.07, 6.45) is 2.12. The van der Waals surface area contributed by atoms with Crippen molar-refractivity contribution in [2.75, 3.05) is 19.6 Å². The average molecular weight is 333 g/mol. The molecule has 2 rings (SSSR count). The van der Waals surface area contributed by atoms with E-state index in [0.717, 1.165) is 32.5 Å². The Bertz CT molecular complexity index is 438. The lowest BCUT2D eigenvalue weighted by Gasteiger charge is -2.36. The van der Waals surface area contributed by atoms with E-state index in [9.17, 15) is 8.78 Å². The number of hydrogen-bond donors (Lipinski definition) is 1. The fourth-order valence-corrected chi connectivity index (χ4v) is 2.92. The Morgan fingerprint density at radius 1 is 1.42 bits per heavy atom. The lowest BCUT2D eigenvalue weighted by atomic mass is 10.1. The Morgan fingerprint density at radius 2 is 2.21 bits per heavy atom. The minimum Gasteiger partial charge on any atom is -0.314 e. The Labute approximate surface area is 121 Å². The maximum Gasteiger partial charge on any atom is 0.144 e. The monoisotopic (exact) mass is 332 g/mol. The zero-order valence-electron chi connectivity index (χ0n) is 11.1. The lowest BCUT2D eigenvalue weighted by molar-refractivity contribution is 0.141. The summed E-state index contributed by atoms with van der Waals surface area (Å²) in [6, 6.07) is 3.09. The summed E-state index contributed by atoms with van der Waals surface area (Å²) >= 11 is 3.12. The molecule has 2 nitrogen and oxygen atoms in total. The molecule has 1 aliphatic rings. The molecule has 0 bridgehead atoms. The fourth-order valence-electron chi connectivity index (χ4n) is 2.55. The van der Waals surface area contributed by atoms with Gasteiger partial charge >= 0.3 is 0 Å². The Kier molecular flexibility index (Phi) is 5.30. The van der Waals surface area contributed by atoms with Crippen LogP contribution in [0.4, 0.5) is 8.78 Å². The predicted molar refractivity (Wildman–Crippen MR) is 76.0 cm³/mol. The first-order valence-corrected chi connectivity index (χ1v) is 7.50. The third kappa shape index (κ3) is 3.52. The van der Waals surface area contributed by atoms with Gasteiger partial charge in [0.1, 0.15) is 11.6 Å². The Morgan fingerprint density at radius 3 is 2.95 bits per heavy atom. The van der Waals surface area contributed by atoms with E-state index in [4.69, 9.17) is 0 Å². The van der Waals surface area contributed by atoms with Crippen LogP contribution >= 0.6 is 15.9 Å². The fraction of sp³-hybridized carbons (Fsp3) is 0.571. The molecule has 0 spiro atoms. The second-order valence-electron chi connectivity index (χ2n) is 4.94. The topological polar surface area (TPSA) is 15.3 Å². The van der Waals surface area contributed by atoms with Gasteiger partial charge < -0.3 is 5.32 Å². The van der Waals surface area contributed by atoms with Crippen molar-refractivity contribution >= 4 is 15.9 Å². The third-order valence-corrected chi connectivity index (χ3v) is 4.21. The average Bonchev–Trinajstić information content (AvgIpc) is 2.41. The minimum absolute atomic E-state index is 0.164. The number of piperazine rings is 1. The van der Waals surface area contributed by atoms with Crippen LogP contribution in [-0.2, 0) is 6.54 Å². The van der Waals surface area contributed by atoms with E-state index < -0.39 is 11.6 Å². The first-order valence-electron chi connectivity index (χ1n) is 6.70. The van der Waals surface area contributed by atoms with E-state index in [1.165, 1.54) is 12.1 Å². The highest BCUT2D eigenvalue weighted by Crippen LogP contribution is 2.24. The molecule has 106 valence electrons. The van der Waals surface area contributed by atoms with E-state index >= 15 is 0 Å². The van der Waals surface area contributed by atoms with Gasteiger partial charge in [0.15, 0.2) is 0 Å². The number of rotatable bonds is 4. The van der Waals surface area contributed by atoms with Crippen molar-refractivity contribution in [3.8, 4) is 0 Å². The molecule has 0 aromatic heterocycles. The molecule has 1 fully saturated rings. The summed E-state index contributed by atoms with van der Waals surface area (Å²) in [6.45, 7) is 5.06. The normalized spacial score (nSPS) is 20.7. The van der Waals surface area contributed by atoms with Gasteiger partial charge in [-0.3, -0.25) is 4.90 Å². The molecular formula is C14H19BrF2N2. The first kappa shape index (κ1) is 14.9. The van der Waals surface area contributed by atoms with E-state index in [1.54, 1.807) is 0 Å². The second-order valence-corrected chi connectivity index (χ2v) is 5.79. The number of halogens is 3. The van der Waals surface area contributed by atoms with Crippen molar-refractivity contribution in [2.24, 2.45) is 0 Å². The Hall–Kier alpha value is -0.520. The summed E-state index contributed by atoms with van der Waals surface area (Å²) in [4.78, 5) is 2.17. The van der Waals surface area contributed by atoms with Crippen LogP contribution < -0.4 is 5.32 Å². The van der Waals surface area contributed by atoms with Gasteiger partial charge in [-0.2, -0.15) is 0 Å². The van der Waals surface area contributed by atoms with Gasteiger partial charge in [-0.25, -0.2) is 8.78 Å². The maximum atomic E-state index is 14.0. The van der Waals surface area contributed by atoms with Crippen LogP contribution in [0.5, 0.6) is 0 Å². The molecule has 1 aromatic carbocycles. The number of nitrogens with zero attached hydrogens (tertiary/aromatic N) is 1. The second kappa shape index (κ2) is 6.77. The van der Waals surface area contributed by atoms with E-state index in [1.807, 2.05) is 0 Å². The van der Waals surface area contributed by atoms with Gasteiger partial charge in [0.05, 0.1) is 4.47 Å². The van der Waals surface area contributed by atoms with E-state index in [0.29, 0.717) is 17.1 Å². The van der Waals surface area contributed by atoms with Crippen LogP contribution in [0.25, 0.3) is 0 Å². The summed E-state index contributed by atoms with van der Waals surface area (Å²) in [5.41, 5.74) is 0.164. The SMILES string of the molecule is CCCC1CNCCN1Cc1c(F)ccc(Br)c1F. The molecule has 19 heavy (non-hydrogen) atoms. The smallest absolute Gasteiger partial charge is 0.144 e. The highest BCUT2D eigenvalue weighted by molar-refractivity contribution is 9.10. The lowest BCUT2D eigenvalue weighted by Crippen LogP contribution is -2.50. The van der Waals surface area contributed by atoms with Crippen LogP contribution in [0.2, 0.25) is 0 Å². The zero-order chi connectivity index (χ0) is 13.8. The van der Waals surface area contributed by atoms with Crippen LogP contribution in [0.3, 0.4) is 0 Å². The van der Waals surface area contributed by atoms with E-state index in [2.05, 4.69) is 33.1 Å². The summed E-state index contributed by atoms with van der Waals surface area (Å²) in [7, 11) is 0. The maximum absolute atomic E-state index is 14.0. The van der Waals surface area contributed by atoms with Gasteiger partial charge in [0.2, 0.25) is 0 Å². The summed E-state index contributed by atoms with van der Waals surface area (Å²) < 4.78 is 28.1. The molecule has 1 N–H and O–H groups in total. The van der Waals surface area contributed by atoms with Crippen molar-refractivity contribution in [3.05, 3.63) is 33.8 Å². The van der Waals surface area contributed by atoms with Gasteiger partial charge in [-0.15, -0.1) is 0 Å². The summed E-state index contributed by atoms with van der Waals surface area (Å²) in [5.74, 6) is -0.941. The highest BCUT2D eigenvalue weighted by Gasteiger charge is 2.24. The van der Waals surface area contributed by atoms with Crippen molar-refractivity contribution in [1.82, 2.24) is 10.2 Å². The van der Waals surface area contributed by atoms with Crippen molar-refractivity contribution in [3.63, 3.8) is 0 Å². The molecule has 1 saturated heterocycles. The predicted octanol–water partition coefficient (Wildman–Crippen LogP) is 3.30. The quantitative estimate of drug-likeness (QED) is 0.851. The Balaban J connectivity index is 2.17. The zero-order valence-corrected chi connectivity index (χ0v) is 12.6. The molecule has 1 heterocycles. The largest absolute Gasteiger partial charge is 0.314 e. The molecular weight excluding hydrogens is 314 g/mol. The van der Waals surface area contributed by atoms with Gasteiger partial charge in [-0.1, -0.05) is 13.3 Å². The minimum atomic E-state index is -0.478. The van der Waals surface area contributed by atoms with Gasteiger partial charge in [0, 0.05) is 37.8 Å². The molecule has 1 aliphatic heterocycles. The van der Waals surface area contributed by atoms with Crippen LogP contribution in [0, 0.1) is 11.6 Å². The summed E-state index contributed by atoms with van der Waals surface area (Å²) in [5, 5.41) is 3.34. The molecule has 0 aliphatic carbocycles. The van der Waals surface area contributed by atoms with Crippen molar-refractivity contribution < 1.29 is 8.78 Å². The van der Waals surface area contributed by atoms with Crippen LogP contribution in [-0.4, -0.2) is 30.6 Å². The van der Waals surface area contributed by atoms with E-state index in [-0.39, 0.29) is 5.56 Å². The van der Waals surface area contributed by atoms with Crippen LogP contribution in [0.15, 0.2) is 16.6 Å². The van der Waals surface area contributed by atoms with Gasteiger partial charge in [-0.05, 0) is 34.5 Å². The third-order valence-electron chi connectivity index (χ3n) is 3.59. The molecule has 0 radical (unpaired) electrons. The van der Waals surface area contributed by atoms with Gasteiger partial charge in [0.25, 0.3) is 0 Å². The number of benzene rings is 1. The van der Waals surface area contributed by atoms with Crippen LogP contribution in [0.1, 0.15) is 25.3 Å². The first-order chi connectivity index (χ1) is 9.13. The van der Waals surface area contributed by atoms with Crippen molar-refractivity contribution in [2.45, 2.75) is 32.4 Å². The van der Waals surface area contributed by atoms with Crippen molar-refractivity contribution in [1.29, 1.82) is 0 Å². The standard InChI is InChI=1S/C14H19BrF2N2/c1-2-3-10-8-18-6-7-19(10)9-11-13(16)5-4-12(15)14(11)17/h4-5,10,18H,2-3,6-9H2,1H3. The highest BCUT2D eigenvalue weighted by atomic mass is 79.9. The molecule has 5 heteroatoms. The molecule has 1 aromatic rings.